The van der Waals surface area contributed by atoms with Crippen LogP contribution in [0.5, 0.6) is 0 Å². The lowest BCUT2D eigenvalue weighted by Gasteiger charge is -2.35. The number of hydrogen-bond acceptors (Lipinski definition) is 7. The van der Waals surface area contributed by atoms with Crippen LogP contribution in [0.25, 0.3) is 0 Å². The molecule has 2 rings (SSSR count). The fourth-order valence-electron chi connectivity index (χ4n) is 2.25. The molecule has 0 spiro atoms. The minimum atomic E-state index is -0.445. The van der Waals surface area contributed by atoms with Gasteiger partial charge >= 0.3 is 11.9 Å². The molecule has 114 valence electrons. The molecule has 21 heavy (non-hydrogen) atoms. The Hall–Kier alpha value is -2.15. The standard InChI is InChI=1S/C14H19N3O4/c1-3-21-14(19)11-9-15-6-7-17(11)12-8-10(4-5-16-12)13(18)20-2/h4-5,8,11,15H,3,6-7,9H2,1-2H3. The molecule has 1 aromatic heterocycles. The molecule has 7 heteroatoms. The van der Waals surface area contributed by atoms with Crippen molar-refractivity contribution < 1.29 is 19.1 Å². The molecule has 2 heterocycles. The van der Waals surface area contributed by atoms with E-state index >= 15 is 0 Å². The number of carbonyl (C=O) groups is 2. The largest absolute Gasteiger partial charge is 0.465 e. The number of piperazine rings is 1. The van der Waals surface area contributed by atoms with Gasteiger partial charge in [0.15, 0.2) is 0 Å². The van der Waals surface area contributed by atoms with Gasteiger partial charge in [-0.25, -0.2) is 14.6 Å². The van der Waals surface area contributed by atoms with Gasteiger partial charge in [-0.3, -0.25) is 0 Å². The van der Waals surface area contributed by atoms with Gasteiger partial charge in [-0.05, 0) is 19.1 Å². The Morgan fingerprint density at radius 2 is 2.33 bits per heavy atom. The van der Waals surface area contributed by atoms with E-state index in [0.717, 1.165) is 6.54 Å². The predicted molar refractivity (Wildman–Crippen MR) is 76.2 cm³/mol. The Balaban J connectivity index is 2.24. The summed E-state index contributed by atoms with van der Waals surface area (Å²) in [6.07, 6.45) is 1.53. The van der Waals surface area contributed by atoms with Crippen molar-refractivity contribution >= 4 is 17.8 Å². The van der Waals surface area contributed by atoms with Crippen LogP contribution >= 0.6 is 0 Å². The van der Waals surface area contributed by atoms with E-state index in [1.807, 2.05) is 4.90 Å². The van der Waals surface area contributed by atoms with Gasteiger partial charge in [0.1, 0.15) is 11.9 Å². The van der Waals surface area contributed by atoms with E-state index in [-0.39, 0.29) is 5.97 Å². The Labute approximate surface area is 123 Å². The molecule has 1 aliphatic heterocycles. The second kappa shape index (κ2) is 7.03. The van der Waals surface area contributed by atoms with Gasteiger partial charge in [0.25, 0.3) is 0 Å². The monoisotopic (exact) mass is 293 g/mol. The van der Waals surface area contributed by atoms with E-state index in [9.17, 15) is 9.59 Å². The fraction of sp³-hybridized carbons (Fsp3) is 0.500. The Morgan fingerprint density at radius 3 is 3.05 bits per heavy atom. The Kier molecular flexibility index (Phi) is 5.10. The van der Waals surface area contributed by atoms with Gasteiger partial charge in [0.05, 0.1) is 19.3 Å². The first kappa shape index (κ1) is 15.2. The van der Waals surface area contributed by atoms with Crippen molar-refractivity contribution in [3.05, 3.63) is 23.9 Å². The third-order valence-corrected chi connectivity index (χ3v) is 3.26. The summed E-state index contributed by atoms with van der Waals surface area (Å²) < 4.78 is 9.79. The number of ether oxygens (including phenoxy) is 2. The van der Waals surface area contributed by atoms with E-state index < -0.39 is 12.0 Å². The molecule has 1 aromatic rings. The maximum absolute atomic E-state index is 12.0. The third kappa shape index (κ3) is 3.49. The maximum Gasteiger partial charge on any atom is 0.338 e. The van der Waals surface area contributed by atoms with Crippen molar-refractivity contribution in [1.82, 2.24) is 10.3 Å². The first-order chi connectivity index (χ1) is 10.2. The topological polar surface area (TPSA) is 80.8 Å². The lowest BCUT2D eigenvalue weighted by molar-refractivity contribution is -0.144. The number of carbonyl (C=O) groups excluding carboxylic acids is 2. The highest BCUT2D eigenvalue weighted by molar-refractivity contribution is 5.90. The molecule has 1 saturated heterocycles. The van der Waals surface area contributed by atoms with Crippen molar-refractivity contribution in [3.63, 3.8) is 0 Å². The Morgan fingerprint density at radius 1 is 1.52 bits per heavy atom. The van der Waals surface area contributed by atoms with Crippen molar-refractivity contribution in [2.45, 2.75) is 13.0 Å². The number of esters is 2. The molecule has 7 nitrogen and oxygen atoms in total. The number of rotatable bonds is 4. The lowest BCUT2D eigenvalue weighted by atomic mass is 10.1. The second-order valence-electron chi connectivity index (χ2n) is 4.56. The minimum absolute atomic E-state index is 0.296. The summed E-state index contributed by atoms with van der Waals surface area (Å²) in [6, 6.07) is 2.76. The van der Waals surface area contributed by atoms with E-state index in [1.54, 1.807) is 19.1 Å². The molecular weight excluding hydrogens is 274 g/mol. The summed E-state index contributed by atoms with van der Waals surface area (Å²) in [6.45, 7) is 3.94. The van der Waals surface area contributed by atoms with Gasteiger partial charge in [-0.15, -0.1) is 0 Å². The second-order valence-corrected chi connectivity index (χ2v) is 4.56. The highest BCUT2D eigenvalue weighted by Gasteiger charge is 2.31. The summed E-state index contributed by atoms with van der Waals surface area (Å²) in [5.74, 6) is -0.158. The van der Waals surface area contributed by atoms with Gasteiger partial charge in [-0.1, -0.05) is 0 Å². The minimum Gasteiger partial charge on any atom is -0.465 e. The van der Waals surface area contributed by atoms with Gasteiger partial charge in [0.2, 0.25) is 0 Å². The number of pyridine rings is 1. The molecule has 0 amide bonds. The van der Waals surface area contributed by atoms with Crippen molar-refractivity contribution in [1.29, 1.82) is 0 Å². The number of hydrogen-bond donors (Lipinski definition) is 1. The Bertz CT molecular complexity index is 521. The van der Waals surface area contributed by atoms with Gasteiger partial charge in [-0.2, -0.15) is 0 Å². The predicted octanol–water partition coefficient (Wildman–Crippen LogP) is 0.210. The summed E-state index contributed by atoms with van der Waals surface area (Å²) in [5.41, 5.74) is 0.406. The van der Waals surface area contributed by atoms with Crippen LogP contribution in [-0.4, -0.2) is 56.3 Å². The van der Waals surface area contributed by atoms with Crippen molar-refractivity contribution in [2.75, 3.05) is 38.3 Å². The molecule has 1 aliphatic rings. The van der Waals surface area contributed by atoms with E-state index in [4.69, 9.17) is 9.47 Å². The number of nitrogens with one attached hydrogen (secondary N) is 1. The zero-order valence-electron chi connectivity index (χ0n) is 12.2. The molecule has 0 radical (unpaired) electrons. The molecule has 1 N–H and O–H groups in total. The number of aromatic nitrogens is 1. The van der Waals surface area contributed by atoms with Crippen molar-refractivity contribution in [2.24, 2.45) is 0 Å². The molecule has 1 atom stereocenters. The van der Waals surface area contributed by atoms with Crippen LogP contribution in [0, 0.1) is 0 Å². The lowest BCUT2D eigenvalue weighted by Crippen LogP contribution is -2.56. The van der Waals surface area contributed by atoms with Crippen LogP contribution in [0.15, 0.2) is 18.3 Å². The zero-order chi connectivity index (χ0) is 15.2. The van der Waals surface area contributed by atoms with Crippen molar-refractivity contribution in [3.8, 4) is 0 Å². The summed E-state index contributed by atoms with van der Waals surface area (Å²) >= 11 is 0. The first-order valence-electron chi connectivity index (χ1n) is 6.85. The highest BCUT2D eigenvalue weighted by atomic mass is 16.5. The fourth-order valence-corrected chi connectivity index (χ4v) is 2.25. The SMILES string of the molecule is CCOC(=O)C1CNCCN1c1cc(C(=O)OC)ccn1. The quantitative estimate of drug-likeness (QED) is 0.795. The summed E-state index contributed by atoms with van der Waals surface area (Å²) in [4.78, 5) is 29.7. The molecule has 0 aliphatic carbocycles. The molecule has 0 bridgehead atoms. The van der Waals surface area contributed by atoms with E-state index in [1.165, 1.54) is 13.3 Å². The molecule has 1 fully saturated rings. The number of anilines is 1. The average Bonchev–Trinajstić information content (AvgIpc) is 2.54. The van der Waals surface area contributed by atoms with Gasteiger partial charge in [0, 0.05) is 25.8 Å². The van der Waals surface area contributed by atoms with Crippen LogP contribution < -0.4 is 10.2 Å². The van der Waals surface area contributed by atoms with Crippen LogP contribution in [0.1, 0.15) is 17.3 Å². The van der Waals surface area contributed by atoms with Gasteiger partial charge < -0.3 is 19.7 Å². The molecule has 0 aromatic carbocycles. The number of methoxy groups -OCH3 is 1. The van der Waals surface area contributed by atoms with Crippen LogP contribution in [0.3, 0.4) is 0 Å². The van der Waals surface area contributed by atoms with E-state index in [2.05, 4.69) is 10.3 Å². The van der Waals surface area contributed by atoms with Crippen LogP contribution in [0.2, 0.25) is 0 Å². The molecule has 1 unspecified atom stereocenters. The summed E-state index contributed by atoms with van der Waals surface area (Å²) in [7, 11) is 1.33. The van der Waals surface area contributed by atoms with Crippen LogP contribution in [-0.2, 0) is 14.3 Å². The molecular formula is C14H19N3O4. The van der Waals surface area contributed by atoms with Crippen LogP contribution in [0.4, 0.5) is 5.82 Å². The maximum atomic E-state index is 12.0. The normalized spacial score (nSPS) is 18.2. The van der Waals surface area contributed by atoms with E-state index in [0.29, 0.717) is 31.1 Å². The molecule has 0 saturated carbocycles. The zero-order valence-corrected chi connectivity index (χ0v) is 12.2. The average molecular weight is 293 g/mol. The number of nitrogens with zero attached hydrogens (tertiary/aromatic N) is 2. The first-order valence-corrected chi connectivity index (χ1v) is 6.85. The third-order valence-electron chi connectivity index (χ3n) is 3.26. The highest BCUT2D eigenvalue weighted by Crippen LogP contribution is 2.18. The summed E-state index contributed by atoms with van der Waals surface area (Å²) in [5, 5.41) is 3.16. The smallest absolute Gasteiger partial charge is 0.338 e.